The molecule has 2 rings (SSSR count). The quantitative estimate of drug-likeness (QED) is 0.514. The summed E-state index contributed by atoms with van der Waals surface area (Å²) in [7, 11) is 1.65. The molecule has 0 fully saturated rings. The van der Waals surface area contributed by atoms with E-state index in [1.807, 2.05) is 24.3 Å². The number of nitrogens with zero attached hydrogens (tertiary/aromatic N) is 2. The van der Waals surface area contributed by atoms with Crippen molar-refractivity contribution in [3.05, 3.63) is 29.8 Å². The topological polar surface area (TPSA) is 63.5 Å². The number of aliphatic hydroxyl groups excluding tert-OH is 1. The van der Waals surface area contributed by atoms with Crippen molar-refractivity contribution in [1.82, 2.24) is 4.90 Å². The van der Waals surface area contributed by atoms with E-state index in [2.05, 4.69) is 22.9 Å². The van der Waals surface area contributed by atoms with Crippen LogP contribution in [-0.4, -0.2) is 67.9 Å². The molecule has 1 aliphatic rings. The van der Waals surface area contributed by atoms with Crippen LogP contribution in [0.4, 0.5) is 0 Å². The minimum atomic E-state index is -0.573. The summed E-state index contributed by atoms with van der Waals surface area (Å²) in [5, 5.41) is 14.2. The largest absolute Gasteiger partial charge is 0.497 e. The lowest BCUT2D eigenvalue weighted by molar-refractivity contribution is 0.00807. The number of benzene rings is 1. The second kappa shape index (κ2) is 10.0. The van der Waals surface area contributed by atoms with Gasteiger partial charge in [0.2, 0.25) is 0 Å². The van der Waals surface area contributed by atoms with E-state index in [-0.39, 0.29) is 19.3 Å². The molecule has 1 aliphatic heterocycles. The molecule has 2 atom stereocenters. The molecule has 0 bridgehead atoms. The van der Waals surface area contributed by atoms with Crippen molar-refractivity contribution in [2.75, 3.05) is 40.0 Å². The molecule has 2 unspecified atom stereocenters. The first-order chi connectivity index (χ1) is 12.2. The van der Waals surface area contributed by atoms with Crippen LogP contribution < -0.4 is 4.74 Å². The van der Waals surface area contributed by atoms with Gasteiger partial charge in [-0.3, -0.25) is 4.90 Å². The van der Waals surface area contributed by atoms with Crippen LogP contribution >= 0.6 is 0 Å². The van der Waals surface area contributed by atoms with Gasteiger partial charge < -0.3 is 19.4 Å². The summed E-state index contributed by atoms with van der Waals surface area (Å²) in [6.45, 7) is 4.53. The van der Waals surface area contributed by atoms with Crippen LogP contribution in [0.25, 0.3) is 0 Å². The minimum Gasteiger partial charge on any atom is -0.497 e. The van der Waals surface area contributed by atoms with Crippen LogP contribution in [0, 0.1) is 12.3 Å². The number of aliphatic hydroxyl groups is 1. The highest BCUT2D eigenvalue weighted by atomic mass is 16.6. The predicted octanol–water partition coefficient (Wildman–Crippen LogP) is 1.52. The average molecular weight is 346 g/mol. The number of oxime groups is 1. The van der Waals surface area contributed by atoms with Gasteiger partial charge in [-0.05, 0) is 36.4 Å². The number of terminal acetylenes is 1. The van der Waals surface area contributed by atoms with Gasteiger partial charge in [-0.15, -0.1) is 6.42 Å². The fraction of sp³-hybridized carbons (Fsp3) is 0.526. The molecule has 6 nitrogen and oxygen atoms in total. The molecular weight excluding hydrogens is 320 g/mol. The van der Waals surface area contributed by atoms with Crippen molar-refractivity contribution in [3.8, 4) is 18.1 Å². The molecule has 0 radical (unpaired) electrons. The Morgan fingerprint density at radius 2 is 2.20 bits per heavy atom. The molecule has 0 spiro atoms. The number of hydrogen-bond donors (Lipinski definition) is 1. The zero-order chi connectivity index (χ0) is 18.1. The Kier molecular flexibility index (Phi) is 7.74. The highest BCUT2D eigenvalue weighted by Crippen LogP contribution is 2.20. The summed E-state index contributed by atoms with van der Waals surface area (Å²) in [5.41, 5.74) is 1.97. The maximum absolute atomic E-state index is 10.0. The molecule has 1 heterocycles. The van der Waals surface area contributed by atoms with Crippen LogP contribution in [0.2, 0.25) is 0 Å². The van der Waals surface area contributed by atoms with Crippen molar-refractivity contribution in [3.63, 3.8) is 0 Å². The average Bonchev–Trinajstić information content (AvgIpc) is 3.10. The van der Waals surface area contributed by atoms with Gasteiger partial charge >= 0.3 is 0 Å². The monoisotopic (exact) mass is 346 g/mol. The second-order valence-electron chi connectivity index (χ2n) is 5.92. The third-order valence-electron chi connectivity index (χ3n) is 4.03. The Labute approximate surface area is 149 Å². The first kappa shape index (κ1) is 19.3. The third kappa shape index (κ3) is 6.05. The van der Waals surface area contributed by atoms with Crippen molar-refractivity contribution >= 4 is 5.71 Å². The van der Waals surface area contributed by atoms with Crippen molar-refractivity contribution < 1.29 is 19.4 Å². The number of methoxy groups -OCH3 is 1. The van der Waals surface area contributed by atoms with Gasteiger partial charge in [0.05, 0.1) is 25.5 Å². The Hall–Kier alpha value is -2.07. The number of hydrogen-bond acceptors (Lipinski definition) is 6. The summed E-state index contributed by atoms with van der Waals surface area (Å²) in [6, 6.07) is 7.79. The number of likely N-dealkylation sites (N-methyl/N-ethyl adjacent to an activating group) is 1. The number of ether oxygens (including phenoxy) is 2. The standard InChI is InChI=1S/C19H26N2O4/c1-4-10-24-14-16(22)12-21(5-2)13-18-11-19(20-25-18)15-6-8-17(23-3)9-7-15/h1,6-9,16,18,22H,5,10-14H2,2-3H3. The molecule has 136 valence electrons. The van der Waals surface area contributed by atoms with Gasteiger partial charge in [0.1, 0.15) is 18.5 Å². The molecule has 1 aromatic carbocycles. The SMILES string of the molecule is C#CCOCC(O)CN(CC)CC1CC(c2ccc(OC)cc2)=NO1. The molecule has 0 aliphatic carbocycles. The minimum absolute atomic E-state index is 0.0177. The molecule has 1 aromatic rings. The Morgan fingerprint density at radius 1 is 1.44 bits per heavy atom. The van der Waals surface area contributed by atoms with E-state index in [0.717, 1.165) is 30.0 Å². The van der Waals surface area contributed by atoms with Crippen molar-refractivity contribution in [2.45, 2.75) is 25.6 Å². The molecule has 0 amide bonds. The summed E-state index contributed by atoms with van der Waals surface area (Å²) >= 11 is 0. The zero-order valence-electron chi connectivity index (χ0n) is 14.9. The lowest BCUT2D eigenvalue weighted by Crippen LogP contribution is -2.39. The van der Waals surface area contributed by atoms with Crippen LogP contribution in [0.1, 0.15) is 18.9 Å². The van der Waals surface area contributed by atoms with Gasteiger partial charge in [-0.25, -0.2) is 0 Å². The molecule has 0 aromatic heterocycles. The van der Waals surface area contributed by atoms with E-state index >= 15 is 0 Å². The predicted molar refractivity (Wildman–Crippen MR) is 96.8 cm³/mol. The van der Waals surface area contributed by atoms with E-state index in [0.29, 0.717) is 13.1 Å². The molecular formula is C19H26N2O4. The van der Waals surface area contributed by atoms with Crippen molar-refractivity contribution in [2.24, 2.45) is 5.16 Å². The van der Waals surface area contributed by atoms with E-state index in [1.54, 1.807) is 7.11 Å². The van der Waals surface area contributed by atoms with Gasteiger partial charge in [-0.2, -0.15) is 0 Å². The van der Waals surface area contributed by atoms with E-state index in [1.165, 1.54) is 0 Å². The summed E-state index contributed by atoms with van der Waals surface area (Å²) < 4.78 is 10.3. The first-order valence-electron chi connectivity index (χ1n) is 8.45. The number of rotatable bonds is 10. The molecule has 6 heteroatoms. The molecule has 25 heavy (non-hydrogen) atoms. The molecule has 0 saturated heterocycles. The second-order valence-corrected chi connectivity index (χ2v) is 5.92. The maximum atomic E-state index is 10.0. The van der Waals surface area contributed by atoms with Gasteiger partial charge in [0.25, 0.3) is 0 Å². The lowest BCUT2D eigenvalue weighted by Gasteiger charge is -2.25. The maximum Gasteiger partial charge on any atom is 0.145 e. The molecule has 1 N–H and O–H groups in total. The first-order valence-corrected chi connectivity index (χ1v) is 8.45. The van der Waals surface area contributed by atoms with Gasteiger partial charge in [0.15, 0.2) is 0 Å². The normalized spacial score (nSPS) is 17.7. The van der Waals surface area contributed by atoms with Crippen LogP contribution in [0.15, 0.2) is 29.4 Å². The fourth-order valence-electron chi connectivity index (χ4n) is 2.71. The van der Waals surface area contributed by atoms with Crippen molar-refractivity contribution in [1.29, 1.82) is 0 Å². The highest BCUT2D eigenvalue weighted by molar-refractivity contribution is 6.01. The summed E-state index contributed by atoms with van der Waals surface area (Å²) in [4.78, 5) is 7.69. The fourth-order valence-corrected chi connectivity index (χ4v) is 2.71. The smallest absolute Gasteiger partial charge is 0.145 e. The van der Waals surface area contributed by atoms with Gasteiger partial charge in [-0.1, -0.05) is 18.0 Å². The summed E-state index contributed by atoms with van der Waals surface area (Å²) in [6.07, 6.45) is 5.28. The lowest BCUT2D eigenvalue weighted by atomic mass is 10.0. The zero-order valence-corrected chi connectivity index (χ0v) is 14.9. The van der Waals surface area contributed by atoms with E-state index in [9.17, 15) is 5.11 Å². The van der Waals surface area contributed by atoms with E-state index in [4.69, 9.17) is 20.7 Å². The van der Waals surface area contributed by atoms with Crippen LogP contribution in [-0.2, 0) is 9.57 Å². The Balaban J connectivity index is 1.80. The summed E-state index contributed by atoms with van der Waals surface area (Å²) in [5.74, 6) is 3.20. The van der Waals surface area contributed by atoms with Crippen LogP contribution in [0.3, 0.4) is 0 Å². The Bertz CT molecular complexity index is 594. The highest BCUT2D eigenvalue weighted by Gasteiger charge is 2.25. The molecule has 0 saturated carbocycles. The van der Waals surface area contributed by atoms with Crippen LogP contribution in [0.5, 0.6) is 5.75 Å². The van der Waals surface area contributed by atoms with Gasteiger partial charge in [0, 0.05) is 19.5 Å². The third-order valence-corrected chi connectivity index (χ3v) is 4.03. The Morgan fingerprint density at radius 3 is 2.84 bits per heavy atom. The van der Waals surface area contributed by atoms with E-state index < -0.39 is 6.10 Å².